The molecule has 154 valence electrons. The van der Waals surface area contributed by atoms with Gasteiger partial charge in [-0.1, -0.05) is 6.07 Å². The highest BCUT2D eigenvalue weighted by Crippen LogP contribution is 2.21. The summed E-state index contributed by atoms with van der Waals surface area (Å²) >= 11 is 0. The van der Waals surface area contributed by atoms with E-state index in [0.29, 0.717) is 23.5 Å². The smallest absolute Gasteiger partial charge is 0.255 e. The predicted molar refractivity (Wildman–Crippen MR) is 111 cm³/mol. The zero-order valence-electron chi connectivity index (χ0n) is 16.2. The Morgan fingerprint density at radius 1 is 1.03 bits per heavy atom. The van der Waals surface area contributed by atoms with Crippen LogP contribution in [0.25, 0.3) is 0 Å². The lowest BCUT2D eigenvalue weighted by Crippen LogP contribution is -2.16. The van der Waals surface area contributed by atoms with Gasteiger partial charge in [0.25, 0.3) is 5.91 Å². The number of hydrogen-bond acceptors (Lipinski definition) is 4. The number of nitrogens with one attached hydrogen (secondary N) is 3. The molecule has 0 bridgehead atoms. The molecule has 0 saturated heterocycles. The number of carbonyl (C=O) groups excluding carboxylic acids is 3. The molecule has 0 aliphatic heterocycles. The Balaban J connectivity index is 1.63. The molecular formula is C21H20FN5O3. The standard InChI is InChI=1S/C21H20FN5O3/c1-14(28)24-19-12-17(5-6-18(19)22)26-21(30)15-3-2-4-16(11-15)25-20(29)7-9-27-10-8-23-13-27/h2-6,8,10-13H,7,9H2,1H3,(H,24,28)(H,25,29)(H,26,30). The van der Waals surface area contributed by atoms with Crippen LogP contribution >= 0.6 is 0 Å². The fourth-order valence-corrected chi connectivity index (χ4v) is 2.70. The van der Waals surface area contributed by atoms with Gasteiger partial charge in [-0.2, -0.15) is 0 Å². The lowest BCUT2D eigenvalue weighted by molar-refractivity contribution is -0.116. The Morgan fingerprint density at radius 2 is 1.83 bits per heavy atom. The Morgan fingerprint density at radius 3 is 2.57 bits per heavy atom. The maximum Gasteiger partial charge on any atom is 0.255 e. The summed E-state index contributed by atoms with van der Waals surface area (Å²) in [7, 11) is 0. The van der Waals surface area contributed by atoms with Gasteiger partial charge >= 0.3 is 0 Å². The summed E-state index contributed by atoms with van der Waals surface area (Å²) in [5.41, 5.74) is 1.09. The number of imidazole rings is 1. The first-order valence-electron chi connectivity index (χ1n) is 9.15. The van der Waals surface area contributed by atoms with Crippen LogP contribution in [0.1, 0.15) is 23.7 Å². The third-order valence-electron chi connectivity index (χ3n) is 4.10. The number of benzene rings is 2. The van der Waals surface area contributed by atoms with Crippen LogP contribution in [0.4, 0.5) is 21.5 Å². The van der Waals surface area contributed by atoms with Crippen LogP contribution in [0.5, 0.6) is 0 Å². The third kappa shape index (κ3) is 5.74. The maximum absolute atomic E-state index is 13.7. The monoisotopic (exact) mass is 409 g/mol. The molecule has 3 N–H and O–H groups in total. The van der Waals surface area contributed by atoms with Gasteiger partial charge < -0.3 is 20.5 Å². The summed E-state index contributed by atoms with van der Waals surface area (Å²) in [6, 6.07) is 10.3. The normalized spacial score (nSPS) is 10.3. The highest BCUT2D eigenvalue weighted by Gasteiger charge is 2.11. The molecule has 0 spiro atoms. The number of anilines is 3. The van der Waals surface area contributed by atoms with Crippen molar-refractivity contribution >= 4 is 34.8 Å². The Bertz CT molecular complexity index is 1070. The molecule has 0 aliphatic carbocycles. The van der Waals surface area contributed by atoms with Gasteiger partial charge in [-0.25, -0.2) is 9.37 Å². The number of halogens is 1. The quantitative estimate of drug-likeness (QED) is 0.557. The van der Waals surface area contributed by atoms with Crippen molar-refractivity contribution in [2.75, 3.05) is 16.0 Å². The van der Waals surface area contributed by atoms with Crippen LogP contribution in [0.15, 0.2) is 61.2 Å². The molecule has 0 fully saturated rings. The molecule has 30 heavy (non-hydrogen) atoms. The van der Waals surface area contributed by atoms with E-state index in [1.54, 1.807) is 47.6 Å². The van der Waals surface area contributed by atoms with Crippen molar-refractivity contribution in [3.05, 3.63) is 72.6 Å². The number of aryl methyl sites for hydroxylation is 1. The number of aromatic nitrogens is 2. The van der Waals surface area contributed by atoms with Crippen LogP contribution in [0.3, 0.4) is 0 Å². The van der Waals surface area contributed by atoms with Gasteiger partial charge in [0.2, 0.25) is 11.8 Å². The first kappa shape index (κ1) is 20.7. The fourth-order valence-electron chi connectivity index (χ4n) is 2.70. The van der Waals surface area contributed by atoms with Gasteiger partial charge in [0, 0.05) is 49.2 Å². The van der Waals surface area contributed by atoms with E-state index < -0.39 is 17.6 Å². The van der Waals surface area contributed by atoms with Gasteiger partial charge in [-0.15, -0.1) is 0 Å². The molecular weight excluding hydrogens is 389 g/mol. The molecule has 1 aromatic heterocycles. The Labute approximate surface area is 172 Å². The van der Waals surface area contributed by atoms with Crippen molar-refractivity contribution in [3.8, 4) is 0 Å². The summed E-state index contributed by atoms with van der Waals surface area (Å²) in [6.07, 6.45) is 5.30. The van der Waals surface area contributed by atoms with Crippen molar-refractivity contribution in [3.63, 3.8) is 0 Å². The van der Waals surface area contributed by atoms with Gasteiger partial charge in [0.15, 0.2) is 0 Å². The fraction of sp³-hybridized carbons (Fsp3) is 0.143. The van der Waals surface area contributed by atoms with Gasteiger partial charge in [0.1, 0.15) is 5.82 Å². The molecule has 3 amide bonds. The van der Waals surface area contributed by atoms with E-state index in [1.165, 1.54) is 19.1 Å². The largest absolute Gasteiger partial charge is 0.337 e. The summed E-state index contributed by atoms with van der Waals surface area (Å²) in [5, 5.41) is 7.76. The first-order chi connectivity index (χ1) is 14.4. The first-order valence-corrected chi connectivity index (χ1v) is 9.15. The van der Waals surface area contributed by atoms with Crippen molar-refractivity contribution in [1.29, 1.82) is 0 Å². The van der Waals surface area contributed by atoms with Crippen LogP contribution in [0, 0.1) is 5.82 Å². The average molecular weight is 409 g/mol. The van der Waals surface area contributed by atoms with Crippen molar-refractivity contribution in [2.45, 2.75) is 19.9 Å². The molecule has 1 heterocycles. The maximum atomic E-state index is 13.7. The number of rotatable bonds is 7. The number of nitrogens with zero attached hydrogens (tertiary/aromatic N) is 2. The van der Waals surface area contributed by atoms with Crippen LogP contribution in [0.2, 0.25) is 0 Å². The molecule has 8 nitrogen and oxygen atoms in total. The minimum atomic E-state index is -0.608. The lowest BCUT2D eigenvalue weighted by Gasteiger charge is -2.10. The van der Waals surface area contributed by atoms with E-state index >= 15 is 0 Å². The second kappa shape index (κ2) is 9.46. The van der Waals surface area contributed by atoms with E-state index in [9.17, 15) is 18.8 Å². The predicted octanol–water partition coefficient (Wildman–Crippen LogP) is 3.26. The van der Waals surface area contributed by atoms with Crippen molar-refractivity contribution in [1.82, 2.24) is 9.55 Å². The van der Waals surface area contributed by atoms with E-state index in [4.69, 9.17) is 0 Å². The van der Waals surface area contributed by atoms with E-state index in [1.807, 2.05) is 0 Å². The molecule has 0 aliphatic rings. The van der Waals surface area contributed by atoms with E-state index in [2.05, 4.69) is 20.9 Å². The zero-order chi connectivity index (χ0) is 21.5. The van der Waals surface area contributed by atoms with E-state index in [-0.39, 0.29) is 18.0 Å². The summed E-state index contributed by atoms with van der Waals surface area (Å²) in [4.78, 5) is 39.7. The molecule has 9 heteroatoms. The van der Waals surface area contributed by atoms with Gasteiger partial charge in [-0.05, 0) is 36.4 Å². The lowest BCUT2D eigenvalue weighted by atomic mass is 10.1. The third-order valence-corrected chi connectivity index (χ3v) is 4.10. The molecule has 0 atom stereocenters. The van der Waals surface area contributed by atoms with Crippen molar-refractivity contribution < 1.29 is 18.8 Å². The minimum Gasteiger partial charge on any atom is -0.337 e. The number of carbonyl (C=O) groups is 3. The molecule has 0 radical (unpaired) electrons. The highest BCUT2D eigenvalue weighted by molar-refractivity contribution is 6.05. The van der Waals surface area contributed by atoms with Crippen molar-refractivity contribution in [2.24, 2.45) is 0 Å². The second-order valence-electron chi connectivity index (χ2n) is 6.51. The van der Waals surface area contributed by atoms with Gasteiger partial charge in [-0.3, -0.25) is 14.4 Å². The topological polar surface area (TPSA) is 105 Å². The summed E-state index contributed by atoms with van der Waals surface area (Å²) in [5.74, 6) is -1.66. The summed E-state index contributed by atoms with van der Waals surface area (Å²) < 4.78 is 15.5. The van der Waals surface area contributed by atoms with Gasteiger partial charge in [0.05, 0.1) is 12.0 Å². The molecule has 0 unspecified atom stereocenters. The number of amides is 3. The average Bonchev–Trinajstić information content (AvgIpc) is 3.22. The minimum absolute atomic E-state index is 0.0285. The second-order valence-corrected chi connectivity index (χ2v) is 6.51. The van der Waals surface area contributed by atoms with E-state index in [0.717, 1.165) is 6.07 Å². The SMILES string of the molecule is CC(=O)Nc1cc(NC(=O)c2cccc(NC(=O)CCn3ccnc3)c2)ccc1F. The Kier molecular flexibility index (Phi) is 6.53. The molecule has 3 rings (SSSR count). The molecule has 2 aromatic carbocycles. The molecule has 3 aromatic rings. The molecule has 0 saturated carbocycles. The Hall–Kier alpha value is -4.01. The van der Waals surface area contributed by atoms with Crippen LogP contribution in [-0.2, 0) is 16.1 Å². The zero-order valence-corrected chi connectivity index (χ0v) is 16.2. The van der Waals surface area contributed by atoms with Crippen LogP contribution < -0.4 is 16.0 Å². The number of hydrogen-bond donors (Lipinski definition) is 3. The summed E-state index contributed by atoms with van der Waals surface area (Å²) in [6.45, 7) is 1.76. The van der Waals surface area contributed by atoms with Crippen LogP contribution in [-0.4, -0.2) is 27.3 Å². The highest BCUT2D eigenvalue weighted by atomic mass is 19.1.